The average molecular weight is 269 g/mol. The number of rotatable bonds is 4. The van der Waals surface area contributed by atoms with Gasteiger partial charge in [-0.2, -0.15) is 0 Å². The summed E-state index contributed by atoms with van der Waals surface area (Å²) in [6, 6.07) is 13.7. The average Bonchev–Trinajstić information content (AvgIpc) is 2.48. The summed E-state index contributed by atoms with van der Waals surface area (Å²) in [5, 5.41) is 11.9. The van der Waals surface area contributed by atoms with Crippen molar-refractivity contribution in [2.24, 2.45) is 0 Å². The van der Waals surface area contributed by atoms with E-state index in [0.717, 1.165) is 12.0 Å². The second kappa shape index (κ2) is 6.02. The summed E-state index contributed by atoms with van der Waals surface area (Å²) >= 11 is 0. The van der Waals surface area contributed by atoms with E-state index in [9.17, 15) is 14.7 Å². The third-order valence-electron chi connectivity index (χ3n) is 3.01. The zero-order valence-electron chi connectivity index (χ0n) is 11.1. The number of carbonyl (C=O) groups is 2. The highest BCUT2D eigenvalue weighted by Crippen LogP contribution is 2.19. The molecule has 0 fully saturated rings. The molecule has 0 aromatic heterocycles. The summed E-state index contributed by atoms with van der Waals surface area (Å²) in [6.45, 7) is 1.95. The van der Waals surface area contributed by atoms with Crippen LogP contribution in [0, 0.1) is 0 Å². The lowest BCUT2D eigenvalue weighted by Crippen LogP contribution is -2.15. The van der Waals surface area contributed by atoms with Crippen molar-refractivity contribution < 1.29 is 14.7 Å². The number of anilines is 1. The number of amides is 1. The lowest BCUT2D eigenvalue weighted by molar-refractivity contribution is 0.0698. The molecular weight excluding hydrogens is 254 g/mol. The summed E-state index contributed by atoms with van der Waals surface area (Å²) in [5.41, 5.74) is 1.82. The quantitative estimate of drug-likeness (QED) is 0.895. The van der Waals surface area contributed by atoms with Crippen molar-refractivity contribution in [2.75, 3.05) is 5.32 Å². The van der Waals surface area contributed by atoms with Gasteiger partial charge < -0.3 is 10.4 Å². The van der Waals surface area contributed by atoms with Gasteiger partial charge in [0.15, 0.2) is 0 Å². The molecule has 4 nitrogen and oxygen atoms in total. The zero-order valence-corrected chi connectivity index (χ0v) is 11.1. The minimum absolute atomic E-state index is 0.105. The lowest BCUT2D eigenvalue weighted by Gasteiger charge is -2.10. The van der Waals surface area contributed by atoms with Crippen LogP contribution in [0.4, 0.5) is 5.69 Å². The predicted molar refractivity (Wildman–Crippen MR) is 77.2 cm³/mol. The van der Waals surface area contributed by atoms with E-state index in [-0.39, 0.29) is 11.5 Å². The number of carboxylic acid groups (broad SMARTS) is 1. The SMILES string of the molecule is CCc1ccc(NC(=O)c2ccccc2)c(C(=O)O)c1. The summed E-state index contributed by atoms with van der Waals surface area (Å²) in [4.78, 5) is 23.3. The molecule has 2 N–H and O–H groups in total. The minimum atomic E-state index is -1.05. The van der Waals surface area contributed by atoms with Gasteiger partial charge in [0, 0.05) is 5.56 Å². The Bertz CT molecular complexity index is 635. The van der Waals surface area contributed by atoms with Gasteiger partial charge in [0.2, 0.25) is 0 Å². The third kappa shape index (κ3) is 3.03. The number of benzene rings is 2. The van der Waals surface area contributed by atoms with Crippen LogP contribution in [-0.4, -0.2) is 17.0 Å². The molecule has 0 radical (unpaired) electrons. The van der Waals surface area contributed by atoms with Crippen LogP contribution in [0.2, 0.25) is 0 Å². The normalized spacial score (nSPS) is 10.1. The van der Waals surface area contributed by atoms with E-state index < -0.39 is 5.97 Å². The molecule has 2 aromatic carbocycles. The minimum Gasteiger partial charge on any atom is -0.478 e. The van der Waals surface area contributed by atoms with Gasteiger partial charge in [0.1, 0.15) is 0 Å². The molecule has 0 unspecified atom stereocenters. The topological polar surface area (TPSA) is 66.4 Å². The van der Waals surface area contributed by atoms with Crippen LogP contribution in [0.25, 0.3) is 0 Å². The Morgan fingerprint density at radius 3 is 2.40 bits per heavy atom. The molecule has 0 saturated heterocycles. The molecule has 0 aliphatic heterocycles. The van der Waals surface area contributed by atoms with Crippen LogP contribution in [0.15, 0.2) is 48.5 Å². The molecule has 4 heteroatoms. The number of carbonyl (C=O) groups excluding carboxylic acids is 1. The fourth-order valence-electron chi connectivity index (χ4n) is 1.88. The molecule has 20 heavy (non-hydrogen) atoms. The van der Waals surface area contributed by atoms with Gasteiger partial charge in [-0.15, -0.1) is 0 Å². The van der Waals surface area contributed by atoms with Crippen LogP contribution >= 0.6 is 0 Å². The second-order valence-electron chi connectivity index (χ2n) is 4.36. The molecule has 1 amide bonds. The Morgan fingerprint density at radius 2 is 1.80 bits per heavy atom. The van der Waals surface area contributed by atoms with E-state index in [0.29, 0.717) is 11.3 Å². The van der Waals surface area contributed by atoms with Crippen molar-refractivity contribution in [3.05, 3.63) is 65.2 Å². The van der Waals surface area contributed by atoms with E-state index in [1.807, 2.05) is 19.1 Å². The first-order valence-electron chi connectivity index (χ1n) is 6.34. The molecule has 0 atom stereocenters. The van der Waals surface area contributed by atoms with Crippen molar-refractivity contribution in [3.63, 3.8) is 0 Å². The maximum Gasteiger partial charge on any atom is 0.337 e. The number of hydrogen-bond donors (Lipinski definition) is 2. The molecule has 0 bridgehead atoms. The van der Waals surface area contributed by atoms with Gasteiger partial charge >= 0.3 is 5.97 Å². The van der Waals surface area contributed by atoms with Crippen LogP contribution in [-0.2, 0) is 6.42 Å². The van der Waals surface area contributed by atoms with Gasteiger partial charge in [0.25, 0.3) is 5.91 Å². The van der Waals surface area contributed by atoms with Crippen molar-refractivity contribution >= 4 is 17.6 Å². The van der Waals surface area contributed by atoms with Gasteiger partial charge in [0.05, 0.1) is 11.3 Å². The number of hydrogen-bond acceptors (Lipinski definition) is 2. The maximum atomic E-state index is 12.0. The standard InChI is InChI=1S/C16H15NO3/c1-2-11-8-9-14(13(10-11)16(19)20)17-15(18)12-6-4-3-5-7-12/h3-10H,2H2,1H3,(H,17,18)(H,19,20). The number of aryl methyl sites for hydroxylation is 1. The van der Waals surface area contributed by atoms with Crippen molar-refractivity contribution in [2.45, 2.75) is 13.3 Å². The van der Waals surface area contributed by atoms with Crippen LogP contribution < -0.4 is 5.32 Å². The highest BCUT2D eigenvalue weighted by Gasteiger charge is 2.13. The van der Waals surface area contributed by atoms with E-state index in [1.165, 1.54) is 0 Å². The van der Waals surface area contributed by atoms with Crippen LogP contribution in [0.3, 0.4) is 0 Å². The fourth-order valence-corrected chi connectivity index (χ4v) is 1.88. The van der Waals surface area contributed by atoms with E-state index in [1.54, 1.807) is 36.4 Å². The Kier molecular flexibility index (Phi) is 4.15. The molecular formula is C16H15NO3. The first-order chi connectivity index (χ1) is 9.61. The highest BCUT2D eigenvalue weighted by molar-refractivity contribution is 6.07. The molecule has 0 spiro atoms. The molecule has 0 aliphatic carbocycles. The van der Waals surface area contributed by atoms with Crippen molar-refractivity contribution in [3.8, 4) is 0 Å². The van der Waals surface area contributed by atoms with E-state index >= 15 is 0 Å². The van der Waals surface area contributed by atoms with Crippen LogP contribution in [0.1, 0.15) is 33.2 Å². The zero-order chi connectivity index (χ0) is 14.5. The first kappa shape index (κ1) is 13.8. The molecule has 0 heterocycles. The molecule has 2 rings (SSSR count). The summed E-state index contributed by atoms with van der Waals surface area (Å²) in [7, 11) is 0. The number of nitrogens with one attached hydrogen (secondary N) is 1. The Morgan fingerprint density at radius 1 is 1.10 bits per heavy atom. The Balaban J connectivity index is 2.29. The summed E-state index contributed by atoms with van der Waals surface area (Å²) < 4.78 is 0. The third-order valence-corrected chi connectivity index (χ3v) is 3.01. The van der Waals surface area contributed by atoms with E-state index in [4.69, 9.17) is 0 Å². The Labute approximate surface area is 117 Å². The number of aromatic carboxylic acids is 1. The largest absolute Gasteiger partial charge is 0.478 e. The van der Waals surface area contributed by atoms with Crippen molar-refractivity contribution in [1.82, 2.24) is 0 Å². The summed E-state index contributed by atoms with van der Waals surface area (Å²) in [5.74, 6) is -1.37. The first-order valence-corrected chi connectivity index (χ1v) is 6.34. The highest BCUT2D eigenvalue weighted by atomic mass is 16.4. The van der Waals surface area contributed by atoms with E-state index in [2.05, 4.69) is 5.32 Å². The molecule has 102 valence electrons. The Hall–Kier alpha value is -2.62. The molecule has 0 saturated carbocycles. The van der Waals surface area contributed by atoms with Crippen LogP contribution in [0.5, 0.6) is 0 Å². The fraction of sp³-hybridized carbons (Fsp3) is 0.125. The molecule has 0 aliphatic rings. The lowest BCUT2D eigenvalue weighted by atomic mass is 10.1. The smallest absolute Gasteiger partial charge is 0.337 e. The molecule has 2 aromatic rings. The van der Waals surface area contributed by atoms with Gasteiger partial charge in [-0.05, 0) is 36.2 Å². The van der Waals surface area contributed by atoms with Gasteiger partial charge in [-0.25, -0.2) is 4.79 Å². The van der Waals surface area contributed by atoms with Crippen molar-refractivity contribution in [1.29, 1.82) is 0 Å². The monoisotopic (exact) mass is 269 g/mol. The number of carboxylic acids is 1. The van der Waals surface area contributed by atoms with Gasteiger partial charge in [-0.3, -0.25) is 4.79 Å². The second-order valence-corrected chi connectivity index (χ2v) is 4.36. The predicted octanol–water partition coefficient (Wildman–Crippen LogP) is 3.20. The summed E-state index contributed by atoms with van der Waals surface area (Å²) in [6.07, 6.45) is 0.743. The maximum absolute atomic E-state index is 12.0. The van der Waals surface area contributed by atoms with Gasteiger partial charge in [-0.1, -0.05) is 31.2 Å².